The number of hydrogen-bond donors (Lipinski definition) is 2. The Balaban J connectivity index is 2.20. The maximum absolute atomic E-state index is 13.3. The molecule has 0 aliphatic carbocycles. The van der Waals surface area contributed by atoms with Gasteiger partial charge in [-0.05, 0) is 25.1 Å². The Morgan fingerprint density at radius 1 is 1.47 bits per heavy atom. The zero-order chi connectivity index (χ0) is 10.7. The molecular weight excluding hydrogens is 193 g/mol. The molecule has 0 aliphatic heterocycles. The lowest BCUT2D eigenvalue weighted by molar-refractivity contribution is 0.634. The van der Waals surface area contributed by atoms with Crippen LogP contribution in [-0.2, 0) is 6.54 Å². The van der Waals surface area contributed by atoms with Gasteiger partial charge in [-0.25, -0.2) is 9.37 Å². The summed E-state index contributed by atoms with van der Waals surface area (Å²) in [6.07, 6.45) is 1.08. The highest BCUT2D eigenvalue weighted by Crippen LogP contribution is 2.14. The second kappa shape index (κ2) is 4.40. The fourth-order valence-corrected chi connectivity index (χ4v) is 1.52. The van der Waals surface area contributed by atoms with E-state index in [1.54, 1.807) is 6.07 Å². The van der Waals surface area contributed by atoms with Crippen LogP contribution in [0.1, 0.15) is 19.2 Å². The van der Waals surface area contributed by atoms with Crippen LogP contribution in [0.5, 0.6) is 0 Å². The number of fused-ring (bicyclic) bond motifs is 1. The van der Waals surface area contributed by atoms with Gasteiger partial charge in [-0.2, -0.15) is 0 Å². The molecule has 0 fully saturated rings. The van der Waals surface area contributed by atoms with Gasteiger partial charge in [0, 0.05) is 0 Å². The standard InChI is InChI=1S/C11H14FN3/c1-2-6-13-7-10-14-9-5-3-4-8(12)11(9)15-10/h3-5,13H,2,6-7H2,1H3,(H,14,15). The van der Waals surface area contributed by atoms with Crippen LogP contribution in [-0.4, -0.2) is 16.5 Å². The van der Waals surface area contributed by atoms with E-state index in [9.17, 15) is 4.39 Å². The van der Waals surface area contributed by atoms with Gasteiger partial charge >= 0.3 is 0 Å². The second-order valence-corrected chi connectivity index (χ2v) is 3.50. The molecule has 80 valence electrons. The molecule has 0 atom stereocenters. The Morgan fingerprint density at radius 3 is 3.07 bits per heavy atom. The van der Waals surface area contributed by atoms with Crippen molar-refractivity contribution in [2.45, 2.75) is 19.9 Å². The monoisotopic (exact) mass is 207 g/mol. The fraction of sp³-hybridized carbons (Fsp3) is 0.364. The van der Waals surface area contributed by atoms with E-state index >= 15 is 0 Å². The van der Waals surface area contributed by atoms with Gasteiger partial charge in [0.25, 0.3) is 0 Å². The SMILES string of the molecule is CCCNCc1nc2c(F)cccc2[nH]1. The summed E-state index contributed by atoms with van der Waals surface area (Å²) in [7, 11) is 0. The van der Waals surface area contributed by atoms with Gasteiger partial charge in [0.05, 0.1) is 12.1 Å². The smallest absolute Gasteiger partial charge is 0.151 e. The molecule has 2 N–H and O–H groups in total. The Kier molecular flexibility index (Phi) is 2.97. The van der Waals surface area contributed by atoms with E-state index in [1.807, 2.05) is 6.07 Å². The zero-order valence-corrected chi connectivity index (χ0v) is 8.68. The Bertz CT molecular complexity index is 450. The van der Waals surface area contributed by atoms with E-state index in [0.717, 1.165) is 24.3 Å². The molecule has 0 bridgehead atoms. The van der Waals surface area contributed by atoms with Gasteiger partial charge in [-0.1, -0.05) is 13.0 Å². The summed E-state index contributed by atoms with van der Waals surface area (Å²) >= 11 is 0. The molecule has 2 rings (SSSR count). The molecule has 3 nitrogen and oxygen atoms in total. The fourth-order valence-electron chi connectivity index (χ4n) is 1.52. The number of hydrogen-bond acceptors (Lipinski definition) is 2. The van der Waals surface area contributed by atoms with Crippen LogP contribution in [0.15, 0.2) is 18.2 Å². The third kappa shape index (κ3) is 2.15. The number of para-hydroxylation sites is 1. The van der Waals surface area contributed by atoms with Gasteiger partial charge in [-0.15, -0.1) is 0 Å². The minimum absolute atomic E-state index is 0.273. The molecular formula is C11H14FN3. The third-order valence-electron chi connectivity index (χ3n) is 2.23. The Morgan fingerprint density at radius 2 is 2.33 bits per heavy atom. The average molecular weight is 207 g/mol. The van der Waals surface area contributed by atoms with Gasteiger partial charge < -0.3 is 10.3 Å². The molecule has 2 aromatic rings. The van der Waals surface area contributed by atoms with Crippen LogP contribution in [0.3, 0.4) is 0 Å². The Hall–Kier alpha value is -1.42. The van der Waals surface area contributed by atoms with Crippen molar-refractivity contribution in [3.63, 3.8) is 0 Å². The number of H-pyrrole nitrogens is 1. The minimum atomic E-state index is -0.273. The number of imidazole rings is 1. The zero-order valence-electron chi connectivity index (χ0n) is 8.68. The number of rotatable bonds is 4. The number of nitrogens with zero attached hydrogens (tertiary/aromatic N) is 1. The first-order valence-corrected chi connectivity index (χ1v) is 5.15. The molecule has 0 saturated carbocycles. The van der Waals surface area contributed by atoms with Gasteiger partial charge in [-0.3, -0.25) is 0 Å². The first-order chi connectivity index (χ1) is 7.31. The van der Waals surface area contributed by atoms with E-state index in [4.69, 9.17) is 0 Å². The van der Waals surface area contributed by atoms with Crippen LogP contribution in [0, 0.1) is 5.82 Å². The van der Waals surface area contributed by atoms with Crippen molar-refractivity contribution in [3.8, 4) is 0 Å². The summed E-state index contributed by atoms with van der Waals surface area (Å²) in [6, 6.07) is 4.93. The van der Waals surface area contributed by atoms with E-state index < -0.39 is 0 Å². The largest absolute Gasteiger partial charge is 0.341 e. The summed E-state index contributed by atoms with van der Waals surface area (Å²) in [5.74, 6) is 0.508. The third-order valence-corrected chi connectivity index (χ3v) is 2.23. The van der Waals surface area contributed by atoms with Crippen molar-refractivity contribution in [2.75, 3.05) is 6.54 Å². The highest BCUT2D eigenvalue weighted by molar-refractivity contribution is 5.75. The van der Waals surface area contributed by atoms with Crippen LogP contribution < -0.4 is 5.32 Å². The first-order valence-electron chi connectivity index (χ1n) is 5.15. The molecule has 1 heterocycles. The molecule has 0 spiro atoms. The maximum atomic E-state index is 13.3. The van der Waals surface area contributed by atoms with E-state index in [2.05, 4.69) is 22.2 Å². The van der Waals surface area contributed by atoms with Crippen molar-refractivity contribution in [1.29, 1.82) is 0 Å². The van der Waals surface area contributed by atoms with Gasteiger partial charge in [0.2, 0.25) is 0 Å². The van der Waals surface area contributed by atoms with E-state index in [0.29, 0.717) is 12.1 Å². The van der Waals surface area contributed by atoms with Crippen molar-refractivity contribution in [1.82, 2.24) is 15.3 Å². The lowest BCUT2D eigenvalue weighted by atomic mass is 10.3. The molecule has 15 heavy (non-hydrogen) atoms. The maximum Gasteiger partial charge on any atom is 0.151 e. The number of benzene rings is 1. The molecule has 0 amide bonds. The highest BCUT2D eigenvalue weighted by Gasteiger charge is 2.05. The van der Waals surface area contributed by atoms with Crippen molar-refractivity contribution in [3.05, 3.63) is 29.8 Å². The molecule has 0 aliphatic rings. The molecule has 1 aromatic carbocycles. The first kappa shape index (κ1) is 10.1. The topological polar surface area (TPSA) is 40.7 Å². The quantitative estimate of drug-likeness (QED) is 0.754. The lowest BCUT2D eigenvalue weighted by Gasteiger charge is -1.97. The predicted molar refractivity (Wildman–Crippen MR) is 58.0 cm³/mol. The molecule has 4 heteroatoms. The lowest BCUT2D eigenvalue weighted by Crippen LogP contribution is -2.14. The predicted octanol–water partition coefficient (Wildman–Crippen LogP) is 2.20. The number of aromatic amines is 1. The number of halogens is 1. The summed E-state index contributed by atoms with van der Waals surface area (Å²) in [5, 5.41) is 3.22. The van der Waals surface area contributed by atoms with E-state index in [1.165, 1.54) is 6.07 Å². The van der Waals surface area contributed by atoms with Crippen molar-refractivity contribution >= 4 is 11.0 Å². The summed E-state index contributed by atoms with van der Waals surface area (Å²) in [5.41, 5.74) is 1.18. The summed E-state index contributed by atoms with van der Waals surface area (Å²) < 4.78 is 13.3. The molecule has 0 unspecified atom stereocenters. The van der Waals surface area contributed by atoms with Crippen LogP contribution >= 0.6 is 0 Å². The van der Waals surface area contributed by atoms with Crippen LogP contribution in [0.2, 0.25) is 0 Å². The van der Waals surface area contributed by atoms with Crippen LogP contribution in [0.4, 0.5) is 4.39 Å². The molecule has 1 aromatic heterocycles. The number of aromatic nitrogens is 2. The average Bonchev–Trinajstić information content (AvgIpc) is 2.63. The molecule has 0 radical (unpaired) electrons. The minimum Gasteiger partial charge on any atom is -0.341 e. The van der Waals surface area contributed by atoms with E-state index in [-0.39, 0.29) is 5.82 Å². The van der Waals surface area contributed by atoms with Gasteiger partial charge in [0.1, 0.15) is 11.3 Å². The normalized spacial score (nSPS) is 11.1. The van der Waals surface area contributed by atoms with Crippen molar-refractivity contribution in [2.24, 2.45) is 0 Å². The highest BCUT2D eigenvalue weighted by atomic mass is 19.1. The second-order valence-electron chi connectivity index (χ2n) is 3.50. The summed E-state index contributed by atoms with van der Waals surface area (Å²) in [6.45, 7) is 3.70. The Labute approximate surface area is 87.7 Å². The van der Waals surface area contributed by atoms with Gasteiger partial charge in [0.15, 0.2) is 5.82 Å². The molecule has 0 saturated heterocycles. The van der Waals surface area contributed by atoms with Crippen molar-refractivity contribution < 1.29 is 4.39 Å². The number of nitrogens with one attached hydrogen (secondary N) is 2. The summed E-state index contributed by atoms with van der Waals surface area (Å²) in [4.78, 5) is 7.27. The van der Waals surface area contributed by atoms with Crippen LogP contribution in [0.25, 0.3) is 11.0 Å².